The Kier molecular flexibility index (Phi) is 5.72. The SMILES string of the molecule is C[C@H]1O[C@@H](OC[C@@H]2O[C@H](O)[C@@H](O)[C@H](O)[C@H]2O)[C@H](O)[C@@H](O)[C@@H]1O. The van der Waals surface area contributed by atoms with Crippen LogP contribution < -0.4 is 0 Å². The van der Waals surface area contributed by atoms with Gasteiger partial charge in [0, 0.05) is 0 Å². The van der Waals surface area contributed by atoms with E-state index in [4.69, 9.17) is 14.2 Å². The summed E-state index contributed by atoms with van der Waals surface area (Å²) in [6.07, 6.45) is -14.0. The highest BCUT2D eigenvalue weighted by atomic mass is 16.7. The molecule has 0 aromatic carbocycles. The summed E-state index contributed by atoms with van der Waals surface area (Å²) in [5.41, 5.74) is 0. The Morgan fingerprint density at radius 2 is 1.32 bits per heavy atom. The zero-order valence-electron chi connectivity index (χ0n) is 11.8. The van der Waals surface area contributed by atoms with E-state index in [2.05, 4.69) is 0 Å². The monoisotopic (exact) mass is 326 g/mol. The molecule has 22 heavy (non-hydrogen) atoms. The van der Waals surface area contributed by atoms with Crippen LogP contribution in [0.3, 0.4) is 0 Å². The normalized spacial score (nSPS) is 53.5. The number of ether oxygens (including phenoxy) is 3. The molecule has 0 aliphatic carbocycles. The average molecular weight is 326 g/mol. The summed E-state index contributed by atoms with van der Waals surface area (Å²) in [6.45, 7) is 1.09. The van der Waals surface area contributed by atoms with Crippen LogP contribution in [0.4, 0.5) is 0 Å². The van der Waals surface area contributed by atoms with Crippen molar-refractivity contribution < 1.29 is 50.0 Å². The minimum atomic E-state index is -1.70. The fourth-order valence-electron chi connectivity index (χ4n) is 2.41. The lowest BCUT2D eigenvalue weighted by atomic mass is 9.99. The van der Waals surface area contributed by atoms with Gasteiger partial charge in [0.05, 0.1) is 12.7 Å². The lowest BCUT2D eigenvalue weighted by Crippen LogP contribution is -2.60. The van der Waals surface area contributed by atoms with Crippen LogP contribution in [-0.4, -0.2) is 104 Å². The van der Waals surface area contributed by atoms with E-state index in [1.807, 2.05) is 0 Å². The van der Waals surface area contributed by atoms with E-state index in [0.717, 1.165) is 0 Å². The molecule has 0 unspecified atom stereocenters. The largest absolute Gasteiger partial charge is 0.388 e. The van der Waals surface area contributed by atoms with Gasteiger partial charge in [0.25, 0.3) is 0 Å². The number of rotatable bonds is 3. The Morgan fingerprint density at radius 3 is 1.95 bits per heavy atom. The molecule has 0 aromatic rings. The minimum absolute atomic E-state index is 0.390. The molecule has 0 amide bonds. The predicted molar refractivity (Wildman–Crippen MR) is 67.2 cm³/mol. The van der Waals surface area contributed by atoms with E-state index in [0.29, 0.717) is 0 Å². The summed E-state index contributed by atoms with van der Waals surface area (Å²) >= 11 is 0. The van der Waals surface area contributed by atoms with E-state index >= 15 is 0 Å². The van der Waals surface area contributed by atoms with Gasteiger partial charge in [-0.15, -0.1) is 0 Å². The molecule has 130 valence electrons. The summed E-state index contributed by atoms with van der Waals surface area (Å²) < 4.78 is 15.3. The van der Waals surface area contributed by atoms with E-state index in [-0.39, 0.29) is 6.61 Å². The molecular weight excluding hydrogens is 304 g/mol. The van der Waals surface area contributed by atoms with Crippen molar-refractivity contribution in [2.24, 2.45) is 0 Å². The first-order valence-corrected chi connectivity index (χ1v) is 6.93. The molecule has 2 saturated heterocycles. The maximum absolute atomic E-state index is 9.76. The van der Waals surface area contributed by atoms with Crippen LogP contribution >= 0.6 is 0 Å². The first-order chi connectivity index (χ1) is 10.2. The highest BCUT2D eigenvalue weighted by Gasteiger charge is 2.45. The van der Waals surface area contributed by atoms with Crippen LogP contribution in [0.5, 0.6) is 0 Å². The fraction of sp³-hybridized carbons (Fsp3) is 1.00. The minimum Gasteiger partial charge on any atom is -0.388 e. The summed E-state index contributed by atoms with van der Waals surface area (Å²) in [5, 5.41) is 67.0. The Morgan fingerprint density at radius 1 is 0.727 bits per heavy atom. The van der Waals surface area contributed by atoms with Gasteiger partial charge in [-0.2, -0.15) is 0 Å². The van der Waals surface area contributed by atoms with E-state index in [1.54, 1.807) is 0 Å². The van der Waals surface area contributed by atoms with Crippen LogP contribution in [0.15, 0.2) is 0 Å². The molecule has 0 aromatic heterocycles. The van der Waals surface area contributed by atoms with E-state index in [1.165, 1.54) is 6.92 Å². The number of aliphatic hydroxyl groups excluding tert-OH is 7. The summed E-state index contributed by atoms with van der Waals surface area (Å²) in [4.78, 5) is 0. The Hall–Kier alpha value is -0.400. The topological polar surface area (TPSA) is 169 Å². The summed E-state index contributed by atoms with van der Waals surface area (Å²) in [5.74, 6) is 0. The molecule has 2 rings (SSSR count). The highest BCUT2D eigenvalue weighted by molar-refractivity contribution is 4.90. The van der Waals surface area contributed by atoms with Gasteiger partial charge in [-0.05, 0) is 6.92 Å². The second-order valence-corrected chi connectivity index (χ2v) is 5.55. The summed E-state index contributed by atoms with van der Waals surface area (Å²) in [7, 11) is 0. The molecule has 0 saturated carbocycles. The number of hydrogen-bond acceptors (Lipinski definition) is 10. The van der Waals surface area contributed by atoms with Crippen molar-refractivity contribution in [1.82, 2.24) is 0 Å². The standard InChI is InChI=1S/C12H22O10/c1-3-5(13)7(15)10(18)12(21-3)20-2-4-6(14)8(16)9(17)11(19)22-4/h3-19H,2H2,1H3/t3-,4+,5-,6+,7+,8-,9+,10-,11+,12-/m1/s1. The summed E-state index contributed by atoms with van der Waals surface area (Å²) in [6, 6.07) is 0. The maximum atomic E-state index is 9.76. The fourth-order valence-corrected chi connectivity index (χ4v) is 2.41. The van der Waals surface area contributed by atoms with Gasteiger partial charge >= 0.3 is 0 Å². The molecule has 2 aliphatic heterocycles. The van der Waals surface area contributed by atoms with E-state index in [9.17, 15) is 35.7 Å². The van der Waals surface area contributed by atoms with Crippen molar-refractivity contribution in [3.8, 4) is 0 Å². The highest BCUT2D eigenvalue weighted by Crippen LogP contribution is 2.24. The Balaban J connectivity index is 1.92. The molecule has 0 bridgehead atoms. The molecule has 10 heteroatoms. The maximum Gasteiger partial charge on any atom is 0.186 e. The predicted octanol–water partition coefficient (Wildman–Crippen LogP) is -4.37. The number of aliphatic hydroxyl groups is 7. The molecule has 10 nitrogen and oxygen atoms in total. The van der Waals surface area contributed by atoms with Gasteiger partial charge in [-0.25, -0.2) is 0 Å². The molecule has 2 heterocycles. The third-order valence-corrected chi connectivity index (χ3v) is 3.92. The van der Waals surface area contributed by atoms with Crippen LogP contribution in [0.25, 0.3) is 0 Å². The molecule has 7 N–H and O–H groups in total. The zero-order valence-corrected chi connectivity index (χ0v) is 11.8. The van der Waals surface area contributed by atoms with Gasteiger partial charge < -0.3 is 50.0 Å². The van der Waals surface area contributed by atoms with Crippen molar-refractivity contribution in [3.05, 3.63) is 0 Å². The van der Waals surface area contributed by atoms with Crippen molar-refractivity contribution in [2.75, 3.05) is 6.61 Å². The second kappa shape index (κ2) is 7.01. The van der Waals surface area contributed by atoms with Crippen molar-refractivity contribution >= 4 is 0 Å². The van der Waals surface area contributed by atoms with Gasteiger partial charge in [0.1, 0.15) is 42.7 Å². The lowest BCUT2D eigenvalue weighted by Gasteiger charge is -2.41. The van der Waals surface area contributed by atoms with Gasteiger partial charge in [-0.3, -0.25) is 0 Å². The van der Waals surface area contributed by atoms with Gasteiger partial charge in [0.15, 0.2) is 12.6 Å². The Labute approximate surface area is 126 Å². The van der Waals surface area contributed by atoms with E-state index < -0.39 is 61.4 Å². The molecule has 0 spiro atoms. The van der Waals surface area contributed by atoms with Crippen molar-refractivity contribution in [1.29, 1.82) is 0 Å². The molecular formula is C12H22O10. The van der Waals surface area contributed by atoms with Crippen molar-refractivity contribution in [3.63, 3.8) is 0 Å². The van der Waals surface area contributed by atoms with Crippen molar-refractivity contribution in [2.45, 2.75) is 68.3 Å². The zero-order chi connectivity index (χ0) is 16.6. The molecule has 2 fully saturated rings. The molecule has 2 aliphatic rings. The smallest absolute Gasteiger partial charge is 0.186 e. The van der Waals surface area contributed by atoms with Crippen LogP contribution in [0, 0.1) is 0 Å². The van der Waals surface area contributed by atoms with Crippen LogP contribution in [0.2, 0.25) is 0 Å². The van der Waals surface area contributed by atoms with Crippen LogP contribution in [-0.2, 0) is 14.2 Å². The van der Waals surface area contributed by atoms with Gasteiger partial charge in [-0.1, -0.05) is 0 Å². The third-order valence-electron chi connectivity index (χ3n) is 3.92. The molecule has 10 atom stereocenters. The third kappa shape index (κ3) is 3.41. The van der Waals surface area contributed by atoms with Gasteiger partial charge in [0.2, 0.25) is 0 Å². The first-order valence-electron chi connectivity index (χ1n) is 6.93. The first kappa shape index (κ1) is 17.9. The number of hydrogen-bond donors (Lipinski definition) is 7. The second-order valence-electron chi connectivity index (χ2n) is 5.55. The molecule has 0 radical (unpaired) electrons. The lowest BCUT2D eigenvalue weighted by molar-refractivity contribution is -0.322. The van der Waals surface area contributed by atoms with Crippen LogP contribution in [0.1, 0.15) is 6.92 Å². The Bertz CT molecular complexity index is 334. The average Bonchev–Trinajstić information content (AvgIpc) is 2.49. The quantitative estimate of drug-likeness (QED) is 0.269.